The standard InChI is InChI=1S/C8H15NO3/c10-8(1-2-11-6-8)5-9-7-3-12-4-7/h7,9-10H,1-6H2. The van der Waals surface area contributed by atoms with Crippen molar-refractivity contribution in [2.24, 2.45) is 0 Å². The van der Waals surface area contributed by atoms with Crippen molar-refractivity contribution in [1.29, 1.82) is 0 Å². The minimum atomic E-state index is -0.629. The third-order valence-corrected chi connectivity index (χ3v) is 2.44. The van der Waals surface area contributed by atoms with Crippen LogP contribution in [0.5, 0.6) is 0 Å². The predicted molar refractivity (Wildman–Crippen MR) is 43.0 cm³/mol. The van der Waals surface area contributed by atoms with Crippen LogP contribution in [0.1, 0.15) is 6.42 Å². The van der Waals surface area contributed by atoms with Crippen LogP contribution in [0.2, 0.25) is 0 Å². The molecule has 2 aliphatic heterocycles. The van der Waals surface area contributed by atoms with Crippen molar-refractivity contribution in [3.63, 3.8) is 0 Å². The summed E-state index contributed by atoms with van der Waals surface area (Å²) in [6, 6.07) is 0.439. The Kier molecular flexibility index (Phi) is 2.32. The molecule has 12 heavy (non-hydrogen) atoms. The molecule has 0 bridgehead atoms. The maximum Gasteiger partial charge on any atom is 0.103 e. The molecule has 2 aliphatic rings. The second-order valence-corrected chi connectivity index (χ2v) is 3.64. The number of aliphatic hydroxyl groups is 1. The van der Waals surface area contributed by atoms with E-state index in [0.29, 0.717) is 25.8 Å². The van der Waals surface area contributed by atoms with E-state index in [-0.39, 0.29) is 0 Å². The molecular formula is C8H15NO3. The lowest BCUT2D eigenvalue weighted by Gasteiger charge is -2.30. The van der Waals surface area contributed by atoms with Gasteiger partial charge in [-0.05, 0) is 0 Å². The Bertz CT molecular complexity index is 152. The molecule has 0 aliphatic carbocycles. The van der Waals surface area contributed by atoms with Gasteiger partial charge in [0.05, 0.1) is 25.9 Å². The molecule has 0 aromatic heterocycles. The van der Waals surface area contributed by atoms with Crippen LogP contribution in [0, 0.1) is 0 Å². The molecule has 4 heteroatoms. The van der Waals surface area contributed by atoms with Crippen LogP contribution in [0.15, 0.2) is 0 Å². The van der Waals surface area contributed by atoms with Crippen LogP contribution in [0.3, 0.4) is 0 Å². The largest absolute Gasteiger partial charge is 0.386 e. The number of rotatable bonds is 3. The van der Waals surface area contributed by atoms with Crippen molar-refractivity contribution < 1.29 is 14.6 Å². The fourth-order valence-electron chi connectivity index (χ4n) is 1.42. The zero-order valence-corrected chi connectivity index (χ0v) is 7.08. The van der Waals surface area contributed by atoms with E-state index in [1.165, 1.54) is 0 Å². The molecule has 0 aromatic carbocycles. The number of hydrogen-bond donors (Lipinski definition) is 2. The van der Waals surface area contributed by atoms with Gasteiger partial charge in [-0.2, -0.15) is 0 Å². The molecule has 2 saturated heterocycles. The third-order valence-electron chi connectivity index (χ3n) is 2.44. The van der Waals surface area contributed by atoms with Crippen molar-refractivity contribution in [3.8, 4) is 0 Å². The summed E-state index contributed by atoms with van der Waals surface area (Å²) in [5, 5.41) is 13.1. The summed E-state index contributed by atoms with van der Waals surface area (Å²) < 4.78 is 10.1. The molecule has 4 nitrogen and oxygen atoms in total. The van der Waals surface area contributed by atoms with E-state index in [4.69, 9.17) is 9.47 Å². The first-order chi connectivity index (χ1) is 5.79. The van der Waals surface area contributed by atoms with Gasteiger partial charge in [0.2, 0.25) is 0 Å². The summed E-state index contributed by atoms with van der Waals surface area (Å²) >= 11 is 0. The normalized spacial score (nSPS) is 36.8. The second kappa shape index (κ2) is 3.30. The molecule has 1 atom stereocenters. The summed E-state index contributed by atoms with van der Waals surface area (Å²) in [7, 11) is 0. The molecule has 0 saturated carbocycles. The molecule has 0 radical (unpaired) electrons. The van der Waals surface area contributed by atoms with Gasteiger partial charge in [-0.3, -0.25) is 0 Å². The van der Waals surface area contributed by atoms with E-state index < -0.39 is 5.60 Å². The summed E-state index contributed by atoms with van der Waals surface area (Å²) in [6.45, 7) is 3.32. The maximum atomic E-state index is 9.83. The Labute approximate surface area is 71.9 Å². The Hall–Kier alpha value is -0.160. The minimum absolute atomic E-state index is 0.439. The molecule has 0 spiro atoms. The van der Waals surface area contributed by atoms with E-state index in [9.17, 15) is 5.11 Å². The Morgan fingerprint density at radius 1 is 1.42 bits per heavy atom. The molecule has 2 N–H and O–H groups in total. The van der Waals surface area contributed by atoms with Crippen LogP contribution >= 0.6 is 0 Å². The van der Waals surface area contributed by atoms with Gasteiger partial charge in [-0.15, -0.1) is 0 Å². The average Bonchev–Trinajstić information content (AvgIpc) is 2.33. The van der Waals surface area contributed by atoms with Gasteiger partial charge in [0.25, 0.3) is 0 Å². The first kappa shape index (κ1) is 8.44. The smallest absolute Gasteiger partial charge is 0.103 e. The zero-order chi connectivity index (χ0) is 8.44. The van der Waals surface area contributed by atoms with E-state index in [2.05, 4.69) is 5.32 Å². The van der Waals surface area contributed by atoms with Crippen LogP contribution in [-0.4, -0.2) is 49.7 Å². The first-order valence-electron chi connectivity index (χ1n) is 4.40. The van der Waals surface area contributed by atoms with Gasteiger partial charge in [0.15, 0.2) is 0 Å². The van der Waals surface area contributed by atoms with Crippen molar-refractivity contribution in [2.75, 3.05) is 33.0 Å². The van der Waals surface area contributed by atoms with Crippen molar-refractivity contribution in [2.45, 2.75) is 18.1 Å². The molecule has 2 rings (SSSR count). The molecule has 0 aromatic rings. The van der Waals surface area contributed by atoms with E-state index >= 15 is 0 Å². The lowest BCUT2D eigenvalue weighted by atomic mass is 10.0. The lowest BCUT2D eigenvalue weighted by Crippen LogP contribution is -2.52. The topological polar surface area (TPSA) is 50.7 Å². The van der Waals surface area contributed by atoms with E-state index in [1.807, 2.05) is 0 Å². The molecule has 1 unspecified atom stereocenters. The number of ether oxygens (including phenoxy) is 2. The number of hydrogen-bond acceptors (Lipinski definition) is 4. The van der Waals surface area contributed by atoms with Gasteiger partial charge in [-0.1, -0.05) is 0 Å². The van der Waals surface area contributed by atoms with Crippen LogP contribution in [0.4, 0.5) is 0 Å². The maximum absolute atomic E-state index is 9.83. The highest BCUT2D eigenvalue weighted by Gasteiger charge is 2.33. The molecule has 2 fully saturated rings. The van der Waals surface area contributed by atoms with Crippen LogP contribution in [-0.2, 0) is 9.47 Å². The highest BCUT2D eigenvalue weighted by molar-refractivity contribution is 4.87. The summed E-state index contributed by atoms with van der Waals surface area (Å²) in [6.07, 6.45) is 0.744. The Balaban J connectivity index is 1.70. The van der Waals surface area contributed by atoms with Gasteiger partial charge < -0.3 is 19.9 Å². The summed E-state index contributed by atoms with van der Waals surface area (Å²) in [4.78, 5) is 0. The summed E-state index contributed by atoms with van der Waals surface area (Å²) in [5.41, 5.74) is -0.629. The first-order valence-corrected chi connectivity index (χ1v) is 4.40. The van der Waals surface area contributed by atoms with Gasteiger partial charge >= 0.3 is 0 Å². The summed E-state index contributed by atoms with van der Waals surface area (Å²) in [5.74, 6) is 0. The van der Waals surface area contributed by atoms with Crippen molar-refractivity contribution in [3.05, 3.63) is 0 Å². The van der Waals surface area contributed by atoms with Crippen LogP contribution < -0.4 is 5.32 Å². The highest BCUT2D eigenvalue weighted by atomic mass is 16.5. The fourth-order valence-corrected chi connectivity index (χ4v) is 1.42. The lowest BCUT2D eigenvalue weighted by molar-refractivity contribution is -0.0257. The predicted octanol–water partition coefficient (Wildman–Crippen LogP) is -0.874. The average molecular weight is 173 g/mol. The third kappa shape index (κ3) is 1.77. The zero-order valence-electron chi connectivity index (χ0n) is 7.08. The molecule has 2 heterocycles. The van der Waals surface area contributed by atoms with E-state index in [0.717, 1.165) is 19.6 Å². The monoisotopic (exact) mass is 173 g/mol. The molecule has 0 amide bonds. The SMILES string of the molecule is OC1(CNC2COC2)CCOC1. The quantitative estimate of drug-likeness (QED) is 0.582. The number of nitrogens with one attached hydrogen (secondary N) is 1. The molecule has 70 valence electrons. The van der Waals surface area contributed by atoms with Gasteiger partial charge in [0.1, 0.15) is 5.60 Å². The minimum Gasteiger partial charge on any atom is -0.386 e. The van der Waals surface area contributed by atoms with Gasteiger partial charge in [0, 0.05) is 19.6 Å². The second-order valence-electron chi connectivity index (χ2n) is 3.64. The van der Waals surface area contributed by atoms with Crippen molar-refractivity contribution in [1.82, 2.24) is 5.32 Å². The van der Waals surface area contributed by atoms with Crippen LogP contribution in [0.25, 0.3) is 0 Å². The van der Waals surface area contributed by atoms with E-state index in [1.54, 1.807) is 0 Å². The highest BCUT2D eigenvalue weighted by Crippen LogP contribution is 2.17. The Morgan fingerprint density at radius 2 is 2.25 bits per heavy atom. The van der Waals surface area contributed by atoms with Crippen molar-refractivity contribution >= 4 is 0 Å². The Morgan fingerprint density at radius 3 is 2.75 bits per heavy atom. The fraction of sp³-hybridized carbons (Fsp3) is 1.00. The molecular weight excluding hydrogens is 158 g/mol. The van der Waals surface area contributed by atoms with Gasteiger partial charge in [-0.25, -0.2) is 0 Å².